The molecule has 0 bridgehead atoms. The smallest absolute Gasteiger partial charge is 0.261 e. The van der Waals surface area contributed by atoms with Gasteiger partial charge in [0.15, 0.2) is 0 Å². The van der Waals surface area contributed by atoms with E-state index in [1.807, 2.05) is 12.1 Å². The molecule has 31 heavy (non-hydrogen) atoms. The van der Waals surface area contributed by atoms with Crippen LogP contribution in [0.25, 0.3) is 10.9 Å². The van der Waals surface area contributed by atoms with E-state index in [1.165, 1.54) is 44.8 Å². The molecule has 2 aliphatic rings. The van der Waals surface area contributed by atoms with E-state index < -0.39 is 10.1 Å². The molecule has 5 rings (SSSR count). The number of aromatic amines is 1. The van der Waals surface area contributed by atoms with Crippen molar-refractivity contribution in [2.75, 3.05) is 19.8 Å². The molecule has 0 radical (unpaired) electrons. The van der Waals surface area contributed by atoms with E-state index in [-0.39, 0.29) is 5.82 Å². The molecule has 0 spiro atoms. The molecule has 0 unspecified atom stereocenters. The summed E-state index contributed by atoms with van der Waals surface area (Å²) in [5.74, 6) is 0.271. The van der Waals surface area contributed by atoms with Gasteiger partial charge < -0.3 is 4.98 Å². The van der Waals surface area contributed by atoms with Crippen molar-refractivity contribution >= 4 is 32.8 Å². The van der Waals surface area contributed by atoms with Crippen LogP contribution in [-0.4, -0.2) is 48.7 Å². The molecule has 8 heteroatoms. The van der Waals surface area contributed by atoms with Gasteiger partial charge in [-0.2, -0.15) is 8.42 Å². The van der Waals surface area contributed by atoms with Crippen molar-refractivity contribution in [2.45, 2.75) is 35.2 Å². The minimum absolute atomic E-state index is 0.191. The maximum atomic E-state index is 13.2. The molecule has 2 heterocycles. The molecule has 0 amide bonds. The first kappa shape index (κ1) is 22.1. The van der Waals surface area contributed by atoms with Crippen LogP contribution in [-0.2, 0) is 16.5 Å². The molecule has 0 fully saturated rings. The summed E-state index contributed by atoms with van der Waals surface area (Å²) < 4.78 is 39.1. The van der Waals surface area contributed by atoms with Crippen LogP contribution in [0.15, 0.2) is 64.0 Å². The molecular weight excluding hydrogens is 435 g/mol. The fourth-order valence-corrected chi connectivity index (χ4v) is 5.52. The van der Waals surface area contributed by atoms with Crippen LogP contribution in [0.2, 0.25) is 0 Å². The molecule has 164 valence electrons. The van der Waals surface area contributed by atoms with Crippen LogP contribution in [0.4, 0.5) is 4.39 Å². The normalized spacial score (nSPS) is 20.6. The Balaban J connectivity index is 0.000000418. The number of halogens is 1. The largest absolute Gasteiger partial charge is 0.349 e. The lowest BCUT2D eigenvalue weighted by atomic mass is 9.77. The van der Waals surface area contributed by atoms with Crippen molar-refractivity contribution in [2.24, 2.45) is 0 Å². The van der Waals surface area contributed by atoms with Crippen LogP contribution < -0.4 is 0 Å². The maximum Gasteiger partial charge on any atom is 0.261 e. The van der Waals surface area contributed by atoms with E-state index in [0.717, 1.165) is 17.9 Å². The molecule has 3 aromatic rings. The lowest BCUT2D eigenvalue weighted by molar-refractivity contribution is 0.224. The van der Waals surface area contributed by atoms with Crippen molar-refractivity contribution < 1.29 is 17.4 Å². The second-order valence-corrected chi connectivity index (χ2v) is 10.8. The highest BCUT2D eigenvalue weighted by Crippen LogP contribution is 2.46. The van der Waals surface area contributed by atoms with Gasteiger partial charge in [0.2, 0.25) is 0 Å². The third-order valence-electron chi connectivity index (χ3n) is 5.67. The number of hydrogen-bond acceptors (Lipinski definition) is 4. The summed E-state index contributed by atoms with van der Waals surface area (Å²) in [4.78, 5) is 7.17. The van der Waals surface area contributed by atoms with Crippen molar-refractivity contribution in [1.29, 1.82) is 0 Å². The van der Waals surface area contributed by atoms with Crippen LogP contribution in [0.3, 0.4) is 0 Å². The van der Waals surface area contributed by atoms with E-state index in [4.69, 9.17) is 4.55 Å². The van der Waals surface area contributed by atoms with Crippen LogP contribution in [0.5, 0.6) is 0 Å². The fourth-order valence-electron chi connectivity index (χ4n) is 4.55. The Kier molecular flexibility index (Phi) is 6.00. The molecule has 2 N–H and O–H groups in total. The zero-order valence-corrected chi connectivity index (χ0v) is 19.2. The van der Waals surface area contributed by atoms with Crippen molar-refractivity contribution in [3.05, 3.63) is 71.1 Å². The highest BCUT2D eigenvalue weighted by Gasteiger charge is 2.36. The second-order valence-electron chi connectivity index (χ2n) is 8.22. The SMILES string of the molecule is CC1=C[C@@H]2c3cccc4[nH]c(Sc5ccc(F)cc5)c(c34)C[C@H]2N(C)C1.CS(=O)(=O)O. The van der Waals surface area contributed by atoms with Crippen LogP contribution >= 0.6 is 11.8 Å². The van der Waals surface area contributed by atoms with Gasteiger partial charge in [-0.05, 0) is 61.9 Å². The first-order valence-corrected chi connectivity index (χ1v) is 12.6. The minimum atomic E-state index is -3.67. The summed E-state index contributed by atoms with van der Waals surface area (Å²) in [7, 11) is -1.43. The van der Waals surface area contributed by atoms with Gasteiger partial charge in [0, 0.05) is 34.3 Å². The third kappa shape index (κ3) is 4.87. The first-order chi connectivity index (χ1) is 14.6. The van der Waals surface area contributed by atoms with Gasteiger partial charge in [-0.15, -0.1) is 0 Å². The zero-order valence-electron chi connectivity index (χ0n) is 17.6. The van der Waals surface area contributed by atoms with Gasteiger partial charge in [0.25, 0.3) is 10.1 Å². The van der Waals surface area contributed by atoms with E-state index in [1.54, 1.807) is 11.8 Å². The van der Waals surface area contributed by atoms with E-state index >= 15 is 0 Å². The fraction of sp³-hybridized carbons (Fsp3) is 0.304. The molecule has 1 aliphatic heterocycles. The molecule has 0 saturated carbocycles. The summed E-state index contributed by atoms with van der Waals surface area (Å²) >= 11 is 1.70. The van der Waals surface area contributed by atoms with Gasteiger partial charge in [0.1, 0.15) is 5.82 Å². The minimum Gasteiger partial charge on any atom is -0.349 e. The number of nitrogens with one attached hydrogen (secondary N) is 1. The number of rotatable bonds is 2. The highest BCUT2D eigenvalue weighted by molar-refractivity contribution is 7.99. The predicted octanol–water partition coefficient (Wildman–Crippen LogP) is 4.86. The number of hydrogen-bond donors (Lipinski definition) is 2. The number of aromatic nitrogens is 1. The number of likely N-dealkylation sites (N-methyl/N-ethyl adjacent to an activating group) is 1. The monoisotopic (exact) mass is 460 g/mol. The molecule has 0 saturated heterocycles. The second kappa shape index (κ2) is 8.43. The lowest BCUT2D eigenvalue weighted by Crippen LogP contribution is -2.43. The molecule has 2 aromatic carbocycles. The van der Waals surface area contributed by atoms with E-state index in [2.05, 4.69) is 48.1 Å². The Labute approximate surface area is 186 Å². The quantitative estimate of drug-likeness (QED) is 0.422. The van der Waals surface area contributed by atoms with Crippen molar-refractivity contribution in [1.82, 2.24) is 9.88 Å². The molecule has 1 aromatic heterocycles. The average molecular weight is 461 g/mol. The van der Waals surface area contributed by atoms with Gasteiger partial charge in [-0.3, -0.25) is 9.45 Å². The Morgan fingerprint density at radius 2 is 1.87 bits per heavy atom. The molecule has 2 atom stereocenters. The zero-order chi connectivity index (χ0) is 22.3. The number of benzene rings is 2. The standard InChI is InChI=1S/C22H21FN2S.CH4O3S/c1-13-10-17-16-4-3-5-19-21(16)18(11-20(17)25(2)12-13)22(24-19)26-15-8-6-14(23)7-9-15;1-5(2,3)4/h3-10,17,20,24H,11-12H2,1-2H3;1H3,(H,2,3,4)/t17-,20-;/m1./s1. The highest BCUT2D eigenvalue weighted by atomic mass is 32.2. The maximum absolute atomic E-state index is 13.2. The van der Waals surface area contributed by atoms with Crippen molar-refractivity contribution in [3.8, 4) is 0 Å². The van der Waals surface area contributed by atoms with Gasteiger partial charge >= 0.3 is 0 Å². The van der Waals surface area contributed by atoms with Crippen LogP contribution in [0.1, 0.15) is 24.0 Å². The Bertz CT molecular complexity index is 1240. The Morgan fingerprint density at radius 3 is 2.55 bits per heavy atom. The molecular formula is C23H25FN2O3S2. The third-order valence-corrected chi connectivity index (χ3v) is 6.73. The number of fused-ring (bicyclic) bond motifs is 2. The summed E-state index contributed by atoms with van der Waals surface area (Å²) in [6, 6.07) is 13.9. The van der Waals surface area contributed by atoms with Gasteiger partial charge in [0.05, 0.1) is 11.3 Å². The Hall–Kier alpha value is -2.13. The van der Waals surface area contributed by atoms with E-state index in [9.17, 15) is 12.8 Å². The number of H-pyrrole nitrogens is 1. The van der Waals surface area contributed by atoms with Crippen LogP contribution in [0, 0.1) is 5.82 Å². The molecule has 1 aliphatic carbocycles. The van der Waals surface area contributed by atoms with Crippen molar-refractivity contribution in [3.63, 3.8) is 0 Å². The predicted molar refractivity (Wildman–Crippen MR) is 123 cm³/mol. The molecule has 5 nitrogen and oxygen atoms in total. The summed E-state index contributed by atoms with van der Waals surface area (Å²) in [6.07, 6.45) is 4.22. The summed E-state index contributed by atoms with van der Waals surface area (Å²) in [5, 5.41) is 2.58. The summed E-state index contributed by atoms with van der Waals surface area (Å²) in [5.41, 5.74) is 5.50. The first-order valence-electron chi connectivity index (χ1n) is 9.97. The van der Waals surface area contributed by atoms with E-state index in [0.29, 0.717) is 18.2 Å². The van der Waals surface area contributed by atoms with Gasteiger partial charge in [-0.1, -0.05) is 35.5 Å². The van der Waals surface area contributed by atoms with Gasteiger partial charge in [-0.25, -0.2) is 4.39 Å². The topological polar surface area (TPSA) is 73.4 Å². The lowest BCUT2D eigenvalue weighted by Gasteiger charge is -2.41. The Morgan fingerprint density at radius 1 is 1.19 bits per heavy atom. The average Bonchev–Trinajstić information content (AvgIpc) is 3.02. The summed E-state index contributed by atoms with van der Waals surface area (Å²) in [6.45, 7) is 3.27. The number of nitrogens with zero attached hydrogens (tertiary/aromatic N) is 1.